The molecule has 1 unspecified atom stereocenters. The molecule has 0 fully saturated rings. The quantitative estimate of drug-likeness (QED) is 0.739. The molecule has 2 nitrogen and oxygen atoms in total. The first-order valence-electron chi connectivity index (χ1n) is 6.18. The molecule has 1 atom stereocenters. The SMILES string of the molecule is CC(Cc1ccccc1F)NCCOC(C)C. The molecule has 0 saturated heterocycles. The van der Waals surface area contributed by atoms with Crippen LogP contribution >= 0.6 is 0 Å². The number of nitrogens with one attached hydrogen (secondary N) is 1. The second kappa shape index (κ2) is 7.41. The molecular weight excluding hydrogens is 217 g/mol. The van der Waals surface area contributed by atoms with E-state index in [2.05, 4.69) is 12.2 Å². The first kappa shape index (κ1) is 14.1. The zero-order chi connectivity index (χ0) is 12.7. The summed E-state index contributed by atoms with van der Waals surface area (Å²) in [5.41, 5.74) is 0.761. The van der Waals surface area contributed by atoms with E-state index in [4.69, 9.17) is 4.74 Å². The van der Waals surface area contributed by atoms with Crippen molar-refractivity contribution in [3.63, 3.8) is 0 Å². The Morgan fingerprint density at radius 3 is 2.59 bits per heavy atom. The Labute approximate surface area is 103 Å². The summed E-state index contributed by atoms with van der Waals surface area (Å²) in [5.74, 6) is -0.125. The minimum Gasteiger partial charge on any atom is -0.377 e. The molecule has 0 spiro atoms. The Bertz CT molecular complexity index is 328. The van der Waals surface area contributed by atoms with Crippen LogP contribution in [0.15, 0.2) is 24.3 Å². The van der Waals surface area contributed by atoms with Crippen molar-refractivity contribution < 1.29 is 9.13 Å². The maximum Gasteiger partial charge on any atom is 0.126 e. The molecule has 0 aliphatic rings. The average molecular weight is 239 g/mol. The lowest BCUT2D eigenvalue weighted by Gasteiger charge is -2.15. The summed E-state index contributed by atoms with van der Waals surface area (Å²) in [6, 6.07) is 7.17. The average Bonchev–Trinajstić information content (AvgIpc) is 2.27. The fourth-order valence-corrected chi connectivity index (χ4v) is 1.67. The van der Waals surface area contributed by atoms with Crippen molar-refractivity contribution in [2.24, 2.45) is 0 Å². The van der Waals surface area contributed by atoms with E-state index < -0.39 is 0 Å². The van der Waals surface area contributed by atoms with Crippen LogP contribution in [0.5, 0.6) is 0 Å². The van der Waals surface area contributed by atoms with Crippen LogP contribution < -0.4 is 5.32 Å². The fraction of sp³-hybridized carbons (Fsp3) is 0.571. The lowest BCUT2D eigenvalue weighted by atomic mass is 10.1. The highest BCUT2D eigenvalue weighted by Gasteiger charge is 2.06. The third kappa shape index (κ3) is 5.80. The molecule has 3 heteroatoms. The maximum atomic E-state index is 13.4. The molecule has 0 amide bonds. The van der Waals surface area contributed by atoms with Gasteiger partial charge in [0.15, 0.2) is 0 Å². The van der Waals surface area contributed by atoms with Gasteiger partial charge in [0.25, 0.3) is 0 Å². The summed E-state index contributed by atoms with van der Waals surface area (Å²) in [6.45, 7) is 7.58. The molecule has 0 saturated carbocycles. The van der Waals surface area contributed by atoms with Crippen LogP contribution in [0.1, 0.15) is 26.3 Å². The molecule has 96 valence electrons. The first-order valence-corrected chi connectivity index (χ1v) is 6.18. The number of rotatable bonds is 7. The van der Waals surface area contributed by atoms with Crippen molar-refractivity contribution >= 4 is 0 Å². The Morgan fingerprint density at radius 1 is 1.24 bits per heavy atom. The van der Waals surface area contributed by atoms with Gasteiger partial charge in [0.2, 0.25) is 0 Å². The highest BCUT2D eigenvalue weighted by atomic mass is 19.1. The standard InChI is InChI=1S/C14H22FNO/c1-11(2)17-9-8-16-12(3)10-13-6-4-5-7-14(13)15/h4-7,11-12,16H,8-10H2,1-3H3. The minimum absolute atomic E-state index is 0.125. The van der Waals surface area contributed by atoms with E-state index in [9.17, 15) is 4.39 Å². The molecule has 17 heavy (non-hydrogen) atoms. The van der Waals surface area contributed by atoms with Gasteiger partial charge in [0.1, 0.15) is 5.82 Å². The third-order valence-electron chi connectivity index (χ3n) is 2.53. The molecule has 1 N–H and O–H groups in total. The Kier molecular flexibility index (Phi) is 6.16. The lowest BCUT2D eigenvalue weighted by molar-refractivity contribution is 0.0796. The van der Waals surface area contributed by atoms with Crippen molar-refractivity contribution in [3.05, 3.63) is 35.6 Å². The fourth-order valence-electron chi connectivity index (χ4n) is 1.67. The Morgan fingerprint density at radius 2 is 1.94 bits per heavy atom. The normalized spacial score (nSPS) is 13.0. The molecule has 1 aromatic rings. The summed E-state index contributed by atoms with van der Waals surface area (Å²) < 4.78 is 18.8. The van der Waals surface area contributed by atoms with E-state index in [1.807, 2.05) is 26.0 Å². The number of hydrogen-bond donors (Lipinski definition) is 1. The molecular formula is C14H22FNO. The van der Waals surface area contributed by atoms with Gasteiger partial charge >= 0.3 is 0 Å². The zero-order valence-electron chi connectivity index (χ0n) is 10.9. The van der Waals surface area contributed by atoms with Crippen molar-refractivity contribution in [2.75, 3.05) is 13.2 Å². The van der Waals surface area contributed by atoms with Crippen LogP contribution in [-0.2, 0) is 11.2 Å². The third-order valence-corrected chi connectivity index (χ3v) is 2.53. The van der Waals surface area contributed by atoms with Gasteiger partial charge in [0, 0.05) is 12.6 Å². The topological polar surface area (TPSA) is 21.3 Å². The molecule has 0 aliphatic heterocycles. The molecule has 0 aromatic heterocycles. The lowest BCUT2D eigenvalue weighted by Crippen LogP contribution is -2.31. The summed E-state index contributed by atoms with van der Waals surface area (Å²) >= 11 is 0. The van der Waals surface area contributed by atoms with Crippen LogP contribution in [0.3, 0.4) is 0 Å². The van der Waals surface area contributed by atoms with Gasteiger partial charge in [-0.15, -0.1) is 0 Å². The van der Waals surface area contributed by atoms with Crippen LogP contribution in [-0.4, -0.2) is 25.3 Å². The van der Waals surface area contributed by atoms with E-state index in [1.165, 1.54) is 6.07 Å². The van der Waals surface area contributed by atoms with E-state index in [-0.39, 0.29) is 18.0 Å². The van der Waals surface area contributed by atoms with Crippen LogP contribution in [0.2, 0.25) is 0 Å². The van der Waals surface area contributed by atoms with Crippen molar-refractivity contribution in [1.82, 2.24) is 5.32 Å². The smallest absolute Gasteiger partial charge is 0.126 e. The first-order chi connectivity index (χ1) is 8.09. The molecule has 0 aliphatic carbocycles. The van der Waals surface area contributed by atoms with Gasteiger partial charge in [-0.2, -0.15) is 0 Å². The molecule has 0 bridgehead atoms. The largest absolute Gasteiger partial charge is 0.377 e. The van der Waals surface area contributed by atoms with Gasteiger partial charge in [-0.25, -0.2) is 4.39 Å². The predicted octanol–water partition coefficient (Wildman–Crippen LogP) is 2.77. The monoisotopic (exact) mass is 239 g/mol. The summed E-state index contributed by atoms with van der Waals surface area (Å²) in [6.07, 6.45) is 0.965. The van der Waals surface area contributed by atoms with Gasteiger partial charge in [0.05, 0.1) is 12.7 Å². The number of hydrogen-bond acceptors (Lipinski definition) is 2. The number of ether oxygens (including phenoxy) is 1. The van der Waals surface area contributed by atoms with Gasteiger partial charge in [-0.1, -0.05) is 18.2 Å². The van der Waals surface area contributed by atoms with Crippen molar-refractivity contribution in [2.45, 2.75) is 39.3 Å². The molecule has 1 aromatic carbocycles. The minimum atomic E-state index is -0.125. The summed E-state index contributed by atoms with van der Waals surface area (Å²) in [5, 5.41) is 3.32. The molecule has 0 radical (unpaired) electrons. The Balaban J connectivity index is 2.25. The summed E-state index contributed by atoms with van der Waals surface area (Å²) in [4.78, 5) is 0. The number of benzene rings is 1. The van der Waals surface area contributed by atoms with E-state index in [0.29, 0.717) is 13.0 Å². The van der Waals surface area contributed by atoms with Crippen LogP contribution in [0, 0.1) is 5.82 Å². The van der Waals surface area contributed by atoms with E-state index in [0.717, 1.165) is 12.1 Å². The van der Waals surface area contributed by atoms with Crippen molar-refractivity contribution in [3.8, 4) is 0 Å². The highest BCUT2D eigenvalue weighted by Crippen LogP contribution is 2.08. The molecule has 1 rings (SSSR count). The van der Waals surface area contributed by atoms with Crippen molar-refractivity contribution in [1.29, 1.82) is 0 Å². The van der Waals surface area contributed by atoms with Gasteiger partial charge in [-0.3, -0.25) is 0 Å². The second-order valence-corrected chi connectivity index (χ2v) is 4.57. The van der Waals surface area contributed by atoms with Gasteiger partial charge < -0.3 is 10.1 Å². The second-order valence-electron chi connectivity index (χ2n) is 4.57. The maximum absolute atomic E-state index is 13.4. The van der Waals surface area contributed by atoms with Crippen LogP contribution in [0.25, 0.3) is 0 Å². The highest BCUT2D eigenvalue weighted by molar-refractivity contribution is 5.18. The van der Waals surface area contributed by atoms with E-state index in [1.54, 1.807) is 6.07 Å². The summed E-state index contributed by atoms with van der Waals surface area (Å²) in [7, 11) is 0. The predicted molar refractivity (Wildman–Crippen MR) is 68.7 cm³/mol. The zero-order valence-corrected chi connectivity index (χ0v) is 10.9. The van der Waals surface area contributed by atoms with Gasteiger partial charge in [-0.05, 0) is 38.8 Å². The molecule has 0 heterocycles. The Hall–Kier alpha value is -0.930. The van der Waals surface area contributed by atoms with Crippen LogP contribution in [0.4, 0.5) is 4.39 Å². The van der Waals surface area contributed by atoms with E-state index >= 15 is 0 Å². The number of halogens is 1.